The van der Waals surface area contributed by atoms with Gasteiger partial charge in [0.25, 0.3) is 0 Å². The summed E-state index contributed by atoms with van der Waals surface area (Å²) in [6.45, 7) is 2.09. The number of rotatable bonds is 6. The highest BCUT2D eigenvalue weighted by molar-refractivity contribution is 9.10. The summed E-state index contributed by atoms with van der Waals surface area (Å²) in [4.78, 5) is 13.4. The Morgan fingerprint density at radius 1 is 1.19 bits per heavy atom. The monoisotopic (exact) mass is 432 g/mol. The second-order valence-corrected chi connectivity index (χ2v) is 7.78. The second kappa shape index (κ2) is 8.58. The third-order valence-corrected chi connectivity index (χ3v) is 5.39. The number of amides is 1. The smallest absolute Gasteiger partial charge is 0.238 e. The van der Waals surface area contributed by atoms with Gasteiger partial charge in [0.1, 0.15) is 5.82 Å². The van der Waals surface area contributed by atoms with Gasteiger partial charge in [-0.1, -0.05) is 34.1 Å². The topological polar surface area (TPSA) is 41.1 Å². The van der Waals surface area contributed by atoms with Crippen molar-refractivity contribution < 1.29 is 9.18 Å². The number of aryl methyl sites for hydroxylation is 1. The molecule has 0 saturated carbocycles. The number of hydrogen-bond acceptors (Lipinski definition) is 3. The molecule has 3 aromatic rings. The highest BCUT2D eigenvalue weighted by Crippen LogP contribution is 2.26. The third kappa shape index (κ3) is 4.78. The zero-order chi connectivity index (χ0) is 18.5. The van der Waals surface area contributed by atoms with E-state index in [1.54, 1.807) is 23.5 Å². The summed E-state index contributed by atoms with van der Waals surface area (Å²) in [5.74, 6) is -0.402. The number of hydrogen-bond donors (Lipinski definition) is 2. The van der Waals surface area contributed by atoms with Gasteiger partial charge in [-0.05, 0) is 59.8 Å². The highest BCUT2D eigenvalue weighted by Gasteiger charge is 2.16. The summed E-state index contributed by atoms with van der Waals surface area (Å²) < 4.78 is 14.2. The molecule has 2 N–H and O–H groups in total. The summed E-state index contributed by atoms with van der Waals surface area (Å²) in [7, 11) is 0. The molecular weight excluding hydrogens is 415 g/mol. The van der Waals surface area contributed by atoms with E-state index < -0.39 is 0 Å². The first-order chi connectivity index (χ1) is 12.5. The highest BCUT2D eigenvalue weighted by atomic mass is 79.9. The summed E-state index contributed by atoms with van der Waals surface area (Å²) in [5, 5.41) is 8.18. The van der Waals surface area contributed by atoms with Crippen LogP contribution in [-0.2, 0) is 4.79 Å². The predicted molar refractivity (Wildman–Crippen MR) is 108 cm³/mol. The normalized spacial score (nSPS) is 12.0. The minimum absolute atomic E-state index is 0.126. The van der Waals surface area contributed by atoms with Gasteiger partial charge in [0.15, 0.2) is 0 Å². The van der Waals surface area contributed by atoms with Crippen LogP contribution in [0.15, 0.2) is 64.5 Å². The molecule has 0 unspecified atom stereocenters. The number of carbonyl (C=O) groups excluding carboxylic acids is 1. The fraction of sp³-hybridized carbons (Fsp3) is 0.150. The lowest BCUT2D eigenvalue weighted by Gasteiger charge is -2.18. The maximum atomic E-state index is 13.2. The SMILES string of the molecule is Cc1cc(Br)ccc1NC(=O)CN[C@H](c1ccc(F)cc1)c1cccs1. The van der Waals surface area contributed by atoms with E-state index in [1.807, 2.05) is 42.6 Å². The van der Waals surface area contributed by atoms with Crippen LogP contribution in [0.1, 0.15) is 22.0 Å². The first kappa shape index (κ1) is 18.8. The van der Waals surface area contributed by atoms with Crippen molar-refractivity contribution in [1.82, 2.24) is 5.32 Å². The predicted octanol–water partition coefficient (Wildman–Crippen LogP) is 5.28. The maximum absolute atomic E-state index is 13.2. The molecule has 0 spiro atoms. The Hall–Kier alpha value is -2.02. The van der Waals surface area contributed by atoms with Crippen LogP contribution in [0.25, 0.3) is 0 Å². The van der Waals surface area contributed by atoms with Crippen LogP contribution in [0.3, 0.4) is 0 Å². The van der Waals surface area contributed by atoms with Crippen LogP contribution in [0.4, 0.5) is 10.1 Å². The van der Waals surface area contributed by atoms with Gasteiger partial charge in [-0.25, -0.2) is 4.39 Å². The molecule has 3 nitrogen and oxygen atoms in total. The van der Waals surface area contributed by atoms with E-state index in [9.17, 15) is 9.18 Å². The molecule has 26 heavy (non-hydrogen) atoms. The quantitative estimate of drug-likeness (QED) is 0.556. The molecule has 2 aromatic carbocycles. The van der Waals surface area contributed by atoms with Gasteiger partial charge in [-0.15, -0.1) is 11.3 Å². The average Bonchev–Trinajstić information content (AvgIpc) is 3.13. The van der Waals surface area contributed by atoms with E-state index in [2.05, 4.69) is 26.6 Å². The summed E-state index contributed by atoms with van der Waals surface area (Å²) in [6.07, 6.45) is 0. The molecule has 0 aliphatic carbocycles. The van der Waals surface area contributed by atoms with Gasteiger partial charge in [0, 0.05) is 15.0 Å². The molecule has 0 aliphatic heterocycles. The lowest BCUT2D eigenvalue weighted by molar-refractivity contribution is -0.115. The Morgan fingerprint density at radius 2 is 1.96 bits per heavy atom. The lowest BCUT2D eigenvalue weighted by atomic mass is 10.1. The molecule has 0 bridgehead atoms. The number of halogens is 2. The molecule has 1 heterocycles. The Morgan fingerprint density at radius 3 is 2.62 bits per heavy atom. The van der Waals surface area contributed by atoms with Crippen molar-refractivity contribution >= 4 is 38.9 Å². The van der Waals surface area contributed by atoms with Crippen LogP contribution < -0.4 is 10.6 Å². The van der Waals surface area contributed by atoms with Crippen molar-refractivity contribution in [2.45, 2.75) is 13.0 Å². The Bertz CT molecular complexity index is 881. The number of thiophene rings is 1. The van der Waals surface area contributed by atoms with Crippen molar-refractivity contribution in [2.75, 3.05) is 11.9 Å². The molecule has 1 atom stereocenters. The van der Waals surface area contributed by atoms with Crippen molar-refractivity contribution in [3.63, 3.8) is 0 Å². The number of benzene rings is 2. The van der Waals surface area contributed by atoms with Gasteiger partial charge in [0.2, 0.25) is 5.91 Å². The van der Waals surface area contributed by atoms with E-state index in [4.69, 9.17) is 0 Å². The Kier molecular flexibility index (Phi) is 6.19. The summed E-state index contributed by atoms with van der Waals surface area (Å²) in [6, 6.07) is 15.9. The number of nitrogens with one attached hydrogen (secondary N) is 2. The van der Waals surface area contributed by atoms with E-state index >= 15 is 0 Å². The first-order valence-electron chi connectivity index (χ1n) is 8.11. The molecule has 0 aliphatic rings. The first-order valence-corrected chi connectivity index (χ1v) is 9.78. The van der Waals surface area contributed by atoms with E-state index in [1.165, 1.54) is 12.1 Å². The molecule has 0 radical (unpaired) electrons. The zero-order valence-corrected chi connectivity index (χ0v) is 16.5. The molecule has 6 heteroatoms. The Labute approximate surface area is 164 Å². The van der Waals surface area contributed by atoms with Crippen molar-refractivity contribution in [1.29, 1.82) is 0 Å². The molecule has 1 aromatic heterocycles. The van der Waals surface area contributed by atoms with Gasteiger partial charge in [0.05, 0.1) is 12.6 Å². The standard InChI is InChI=1S/C20H18BrFN2OS/c1-13-11-15(21)6-9-17(13)24-19(25)12-23-20(18-3-2-10-26-18)14-4-7-16(22)8-5-14/h2-11,20,23H,12H2,1H3,(H,24,25)/t20-/m1/s1. The zero-order valence-electron chi connectivity index (χ0n) is 14.1. The van der Waals surface area contributed by atoms with Crippen LogP contribution in [0, 0.1) is 12.7 Å². The van der Waals surface area contributed by atoms with Gasteiger partial charge >= 0.3 is 0 Å². The molecule has 0 fully saturated rings. The van der Waals surface area contributed by atoms with Crippen LogP contribution in [0.5, 0.6) is 0 Å². The molecule has 0 saturated heterocycles. The number of anilines is 1. The maximum Gasteiger partial charge on any atom is 0.238 e. The van der Waals surface area contributed by atoms with Gasteiger partial charge in [-0.2, -0.15) is 0 Å². The van der Waals surface area contributed by atoms with Crippen LogP contribution >= 0.6 is 27.3 Å². The van der Waals surface area contributed by atoms with E-state index in [0.717, 1.165) is 26.2 Å². The summed E-state index contributed by atoms with van der Waals surface area (Å²) >= 11 is 5.01. The summed E-state index contributed by atoms with van der Waals surface area (Å²) in [5.41, 5.74) is 2.69. The van der Waals surface area contributed by atoms with Crippen LogP contribution in [-0.4, -0.2) is 12.5 Å². The minimum atomic E-state index is -0.276. The second-order valence-electron chi connectivity index (χ2n) is 5.89. The molecular formula is C20H18BrFN2OS. The lowest BCUT2D eigenvalue weighted by Crippen LogP contribution is -2.31. The minimum Gasteiger partial charge on any atom is -0.325 e. The molecule has 1 amide bonds. The van der Waals surface area contributed by atoms with Crippen molar-refractivity contribution in [3.8, 4) is 0 Å². The van der Waals surface area contributed by atoms with E-state index in [0.29, 0.717) is 0 Å². The fourth-order valence-corrected chi connectivity index (χ4v) is 3.95. The van der Waals surface area contributed by atoms with Crippen molar-refractivity contribution in [2.24, 2.45) is 0 Å². The van der Waals surface area contributed by atoms with Gasteiger partial charge in [-0.3, -0.25) is 10.1 Å². The molecule has 3 rings (SSSR count). The average molecular weight is 433 g/mol. The third-order valence-electron chi connectivity index (χ3n) is 3.96. The van der Waals surface area contributed by atoms with E-state index in [-0.39, 0.29) is 24.3 Å². The van der Waals surface area contributed by atoms with Gasteiger partial charge < -0.3 is 5.32 Å². The van der Waals surface area contributed by atoms with Crippen molar-refractivity contribution in [3.05, 3.63) is 86.3 Å². The number of carbonyl (C=O) groups is 1. The largest absolute Gasteiger partial charge is 0.325 e. The fourth-order valence-electron chi connectivity index (χ4n) is 2.65. The molecule has 134 valence electrons. The van der Waals surface area contributed by atoms with Crippen LogP contribution in [0.2, 0.25) is 0 Å². The Balaban J connectivity index is 1.69.